The van der Waals surface area contributed by atoms with Gasteiger partial charge in [-0.3, -0.25) is 0 Å². The molecular weight excluding hydrogens is 327 g/mol. The van der Waals surface area contributed by atoms with Gasteiger partial charge in [0, 0.05) is 27.4 Å². The lowest BCUT2D eigenvalue weighted by Crippen LogP contribution is -2.20. The summed E-state index contributed by atoms with van der Waals surface area (Å²) in [4.78, 5) is 12.0. The quantitative estimate of drug-likeness (QED) is 0.783. The molecule has 0 aromatic heterocycles. The lowest BCUT2D eigenvalue weighted by molar-refractivity contribution is 0.262. The van der Waals surface area contributed by atoms with Gasteiger partial charge in [-0.1, -0.05) is 29.3 Å². The van der Waals surface area contributed by atoms with E-state index >= 15 is 0 Å². The van der Waals surface area contributed by atoms with E-state index in [4.69, 9.17) is 27.9 Å². The van der Waals surface area contributed by atoms with Crippen molar-refractivity contribution in [3.05, 3.63) is 52.0 Å². The maximum absolute atomic E-state index is 12.0. The summed E-state index contributed by atoms with van der Waals surface area (Å²) in [5.74, 6) is 0.625. The molecule has 116 valence electrons. The molecule has 0 fully saturated rings. The van der Waals surface area contributed by atoms with E-state index in [9.17, 15) is 9.90 Å². The summed E-state index contributed by atoms with van der Waals surface area (Å²) in [6.45, 7) is -0.315. The van der Waals surface area contributed by atoms with Gasteiger partial charge in [0.1, 0.15) is 5.75 Å². The maximum Gasteiger partial charge on any atom is 0.323 e. The van der Waals surface area contributed by atoms with E-state index in [0.717, 1.165) is 0 Å². The van der Waals surface area contributed by atoms with Crippen LogP contribution in [0, 0.1) is 0 Å². The Morgan fingerprint density at radius 3 is 2.68 bits per heavy atom. The normalized spacial score (nSPS) is 10.2. The number of rotatable bonds is 4. The van der Waals surface area contributed by atoms with Gasteiger partial charge in [-0.15, -0.1) is 0 Å². The average Bonchev–Trinajstić information content (AvgIpc) is 2.47. The van der Waals surface area contributed by atoms with Crippen LogP contribution in [0.25, 0.3) is 0 Å². The first-order valence-electron chi connectivity index (χ1n) is 6.34. The summed E-state index contributed by atoms with van der Waals surface area (Å²) < 4.78 is 5.08. The Balaban J connectivity index is 2.15. The molecule has 2 aromatic rings. The molecule has 2 rings (SSSR count). The van der Waals surface area contributed by atoms with Crippen LogP contribution < -0.4 is 15.4 Å². The smallest absolute Gasteiger partial charge is 0.323 e. The first-order chi connectivity index (χ1) is 10.5. The third-order valence-electron chi connectivity index (χ3n) is 2.89. The summed E-state index contributed by atoms with van der Waals surface area (Å²) in [6, 6.07) is 9.45. The summed E-state index contributed by atoms with van der Waals surface area (Å²) in [5.41, 5.74) is 1.31. The number of amides is 2. The lowest BCUT2D eigenvalue weighted by atomic mass is 10.2. The van der Waals surface area contributed by atoms with Crippen molar-refractivity contribution in [2.75, 3.05) is 17.7 Å². The van der Waals surface area contributed by atoms with E-state index in [1.54, 1.807) is 31.4 Å². The zero-order valence-electron chi connectivity index (χ0n) is 11.7. The van der Waals surface area contributed by atoms with Gasteiger partial charge in [0.05, 0.1) is 19.4 Å². The van der Waals surface area contributed by atoms with Crippen molar-refractivity contribution in [2.24, 2.45) is 0 Å². The molecule has 0 aliphatic rings. The van der Waals surface area contributed by atoms with E-state index in [2.05, 4.69) is 10.6 Å². The lowest BCUT2D eigenvalue weighted by Gasteiger charge is -2.13. The van der Waals surface area contributed by atoms with Crippen LogP contribution in [-0.4, -0.2) is 18.2 Å². The van der Waals surface area contributed by atoms with Crippen molar-refractivity contribution < 1.29 is 14.6 Å². The van der Waals surface area contributed by atoms with Crippen molar-refractivity contribution in [3.8, 4) is 5.75 Å². The first kappa shape index (κ1) is 16.4. The van der Waals surface area contributed by atoms with Gasteiger partial charge in [0.25, 0.3) is 0 Å². The number of methoxy groups -OCH3 is 1. The number of ether oxygens (including phenoxy) is 1. The molecule has 0 unspecified atom stereocenters. The number of benzene rings is 2. The van der Waals surface area contributed by atoms with E-state index in [-0.39, 0.29) is 11.6 Å². The van der Waals surface area contributed by atoms with Crippen molar-refractivity contribution in [3.63, 3.8) is 0 Å². The van der Waals surface area contributed by atoms with Gasteiger partial charge in [-0.05, 0) is 24.3 Å². The number of urea groups is 1. The van der Waals surface area contributed by atoms with Crippen LogP contribution in [0.2, 0.25) is 10.0 Å². The fraction of sp³-hybridized carbons (Fsp3) is 0.133. The molecular formula is C15H14Cl2N2O3. The van der Waals surface area contributed by atoms with Gasteiger partial charge in [0.15, 0.2) is 0 Å². The second kappa shape index (κ2) is 7.35. The maximum atomic E-state index is 12.0. The standard InChI is InChI=1S/C15H14Cl2N2O3/c1-22-11-4-2-3-10(7-11)18-15(21)19-14-6-9(16)5-13(17)12(14)8-20/h2-7,20H,8H2,1H3,(H2,18,19,21). The highest BCUT2D eigenvalue weighted by atomic mass is 35.5. The van der Waals surface area contributed by atoms with Gasteiger partial charge in [-0.25, -0.2) is 4.79 Å². The van der Waals surface area contributed by atoms with Crippen LogP contribution in [0.15, 0.2) is 36.4 Å². The molecule has 0 radical (unpaired) electrons. The number of hydrogen-bond acceptors (Lipinski definition) is 3. The Kier molecular flexibility index (Phi) is 5.49. The number of carbonyl (C=O) groups excluding carboxylic acids is 1. The minimum atomic E-state index is -0.485. The highest BCUT2D eigenvalue weighted by Crippen LogP contribution is 2.29. The van der Waals surface area contributed by atoms with Crippen LogP contribution in [0.1, 0.15) is 5.56 Å². The topological polar surface area (TPSA) is 70.6 Å². The van der Waals surface area contributed by atoms with E-state index in [0.29, 0.717) is 27.7 Å². The summed E-state index contributed by atoms with van der Waals surface area (Å²) in [5, 5.41) is 15.3. The minimum Gasteiger partial charge on any atom is -0.497 e. The predicted octanol–water partition coefficient (Wildman–Crippen LogP) is 4.14. The summed E-state index contributed by atoms with van der Waals surface area (Å²) in [6.07, 6.45) is 0. The summed E-state index contributed by atoms with van der Waals surface area (Å²) >= 11 is 11.9. The van der Waals surface area contributed by atoms with Gasteiger partial charge < -0.3 is 20.5 Å². The van der Waals surface area contributed by atoms with Gasteiger partial charge >= 0.3 is 6.03 Å². The zero-order valence-corrected chi connectivity index (χ0v) is 13.2. The number of aliphatic hydroxyl groups excluding tert-OH is 1. The Morgan fingerprint density at radius 1 is 1.23 bits per heavy atom. The summed E-state index contributed by atoms with van der Waals surface area (Å²) in [7, 11) is 1.54. The second-order valence-electron chi connectivity index (χ2n) is 4.38. The van der Waals surface area contributed by atoms with Crippen LogP contribution in [0.4, 0.5) is 16.2 Å². The van der Waals surface area contributed by atoms with Crippen molar-refractivity contribution >= 4 is 40.6 Å². The number of carbonyl (C=O) groups is 1. The zero-order chi connectivity index (χ0) is 16.1. The molecule has 0 saturated heterocycles. The van der Waals surface area contributed by atoms with Crippen LogP contribution in [0.3, 0.4) is 0 Å². The Bertz CT molecular complexity index is 692. The van der Waals surface area contributed by atoms with Crippen LogP contribution in [0.5, 0.6) is 5.75 Å². The molecule has 3 N–H and O–H groups in total. The fourth-order valence-electron chi connectivity index (χ4n) is 1.86. The molecule has 5 nitrogen and oxygen atoms in total. The number of nitrogens with one attached hydrogen (secondary N) is 2. The van der Waals surface area contributed by atoms with Gasteiger partial charge in [-0.2, -0.15) is 0 Å². The number of hydrogen-bond donors (Lipinski definition) is 3. The number of aliphatic hydroxyl groups is 1. The fourth-order valence-corrected chi connectivity index (χ4v) is 2.41. The minimum absolute atomic E-state index is 0.284. The molecule has 22 heavy (non-hydrogen) atoms. The number of anilines is 2. The Labute approximate surface area is 137 Å². The second-order valence-corrected chi connectivity index (χ2v) is 5.23. The van der Waals surface area contributed by atoms with Gasteiger partial charge in [0.2, 0.25) is 0 Å². The highest BCUT2D eigenvalue weighted by molar-refractivity contribution is 6.35. The molecule has 0 aliphatic carbocycles. The molecule has 0 saturated carbocycles. The van der Waals surface area contributed by atoms with E-state index in [1.807, 2.05) is 0 Å². The van der Waals surface area contributed by atoms with E-state index in [1.165, 1.54) is 12.1 Å². The number of halogens is 2. The van der Waals surface area contributed by atoms with Crippen molar-refractivity contribution in [1.82, 2.24) is 0 Å². The molecule has 7 heteroatoms. The van der Waals surface area contributed by atoms with Crippen LogP contribution >= 0.6 is 23.2 Å². The van der Waals surface area contributed by atoms with Crippen molar-refractivity contribution in [1.29, 1.82) is 0 Å². The third kappa shape index (κ3) is 4.04. The third-order valence-corrected chi connectivity index (χ3v) is 3.45. The predicted molar refractivity (Wildman–Crippen MR) is 88.0 cm³/mol. The molecule has 0 heterocycles. The largest absolute Gasteiger partial charge is 0.497 e. The monoisotopic (exact) mass is 340 g/mol. The molecule has 0 spiro atoms. The highest BCUT2D eigenvalue weighted by Gasteiger charge is 2.11. The SMILES string of the molecule is COc1cccc(NC(=O)Nc2cc(Cl)cc(Cl)c2CO)c1. The molecule has 0 atom stereocenters. The van der Waals surface area contributed by atoms with Crippen LogP contribution in [-0.2, 0) is 6.61 Å². The molecule has 0 bridgehead atoms. The molecule has 0 aliphatic heterocycles. The Morgan fingerprint density at radius 2 is 2.00 bits per heavy atom. The first-order valence-corrected chi connectivity index (χ1v) is 7.10. The Hall–Kier alpha value is -1.95. The van der Waals surface area contributed by atoms with E-state index < -0.39 is 6.03 Å². The molecule has 2 amide bonds. The molecule has 2 aromatic carbocycles. The average molecular weight is 341 g/mol. The van der Waals surface area contributed by atoms with Crippen molar-refractivity contribution in [2.45, 2.75) is 6.61 Å².